The predicted octanol–water partition coefficient (Wildman–Crippen LogP) is 2.10. The number of thioether (sulfide) groups is 1. The van der Waals surface area contributed by atoms with Gasteiger partial charge in [-0.25, -0.2) is 0 Å². The van der Waals surface area contributed by atoms with E-state index in [0.717, 1.165) is 31.2 Å². The molecule has 0 saturated carbocycles. The summed E-state index contributed by atoms with van der Waals surface area (Å²) in [6.45, 7) is 4.90. The van der Waals surface area contributed by atoms with Gasteiger partial charge >= 0.3 is 0 Å². The molecule has 1 N–H and O–H groups in total. The van der Waals surface area contributed by atoms with E-state index < -0.39 is 0 Å². The van der Waals surface area contributed by atoms with Crippen LogP contribution in [0.5, 0.6) is 0 Å². The summed E-state index contributed by atoms with van der Waals surface area (Å²) in [6, 6.07) is 2.15. The van der Waals surface area contributed by atoms with Gasteiger partial charge in [-0.1, -0.05) is 0 Å². The molecule has 0 aliphatic rings. The molecule has 1 aromatic heterocycles. The fourth-order valence-electron chi connectivity index (χ4n) is 1.62. The third kappa shape index (κ3) is 4.20. The summed E-state index contributed by atoms with van der Waals surface area (Å²) in [6.07, 6.45) is 2.13. The zero-order valence-corrected chi connectivity index (χ0v) is 11.5. The molecule has 1 aromatic rings. The normalized spacial score (nSPS) is 11.3. The van der Waals surface area contributed by atoms with Crippen LogP contribution in [-0.2, 0) is 13.1 Å². The molecule has 0 aliphatic carbocycles. The van der Waals surface area contributed by atoms with Gasteiger partial charge in [-0.2, -0.15) is 11.8 Å². The van der Waals surface area contributed by atoms with E-state index in [0.29, 0.717) is 0 Å². The predicted molar refractivity (Wildman–Crippen MR) is 70.9 cm³/mol. The molecule has 0 radical (unpaired) electrons. The van der Waals surface area contributed by atoms with Gasteiger partial charge in [0.15, 0.2) is 0 Å². The van der Waals surface area contributed by atoms with Gasteiger partial charge in [0.1, 0.15) is 11.5 Å². The monoisotopic (exact) mass is 242 g/mol. The minimum atomic E-state index is 0.879. The fourth-order valence-corrected chi connectivity index (χ4v) is 2.12. The molecule has 0 fully saturated rings. The summed E-state index contributed by atoms with van der Waals surface area (Å²) in [5.74, 6) is 3.26. The highest BCUT2D eigenvalue weighted by Crippen LogP contribution is 2.15. The molecule has 0 saturated heterocycles. The second-order valence-corrected chi connectivity index (χ2v) is 5.04. The van der Waals surface area contributed by atoms with Crippen molar-refractivity contribution in [3.8, 4) is 0 Å². The lowest BCUT2D eigenvalue weighted by atomic mass is 10.2. The highest BCUT2D eigenvalue weighted by atomic mass is 32.2. The van der Waals surface area contributed by atoms with Gasteiger partial charge in [-0.15, -0.1) is 0 Å². The number of nitrogens with one attached hydrogen (secondary N) is 1. The van der Waals surface area contributed by atoms with Crippen LogP contribution in [0.3, 0.4) is 0 Å². The van der Waals surface area contributed by atoms with E-state index in [1.807, 2.05) is 25.7 Å². The standard InChI is InChI=1S/C12H22N2OS/c1-10-11(8-13-2)7-12(15-10)9-14(3)5-6-16-4/h7,13H,5-6,8-9H2,1-4H3. The highest BCUT2D eigenvalue weighted by molar-refractivity contribution is 7.98. The zero-order valence-electron chi connectivity index (χ0n) is 10.7. The average Bonchev–Trinajstić information content (AvgIpc) is 2.57. The van der Waals surface area contributed by atoms with Crippen LogP contribution in [0.15, 0.2) is 10.5 Å². The Labute approximate surface area is 103 Å². The Morgan fingerprint density at radius 1 is 1.50 bits per heavy atom. The van der Waals surface area contributed by atoms with Crippen molar-refractivity contribution in [2.45, 2.75) is 20.0 Å². The van der Waals surface area contributed by atoms with Crippen molar-refractivity contribution >= 4 is 11.8 Å². The first-order valence-electron chi connectivity index (χ1n) is 5.57. The third-order valence-electron chi connectivity index (χ3n) is 2.54. The molecular weight excluding hydrogens is 220 g/mol. The summed E-state index contributed by atoms with van der Waals surface area (Å²) in [5.41, 5.74) is 1.26. The maximum atomic E-state index is 5.73. The number of hydrogen-bond donors (Lipinski definition) is 1. The lowest BCUT2D eigenvalue weighted by Gasteiger charge is -2.13. The summed E-state index contributed by atoms with van der Waals surface area (Å²) >= 11 is 1.87. The van der Waals surface area contributed by atoms with Gasteiger partial charge in [-0.05, 0) is 33.3 Å². The zero-order chi connectivity index (χ0) is 12.0. The first-order chi connectivity index (χ1) is 7.67. The van der Waals surface area contributed by atoms with E-state index in [9.17, 15) is 0 Å². The second-order valence-electron chi connectivity index (χ2n) is 4.06. The smallest absolute Gasteiger partial charge is 0.118 e. The summed E-state index contributed by atoms with van der Waals surface area (Å²) in [7, 11) is 4.09. The SMILES string of the molecule is CNCc1cc(CN(C)CCSC)oc1C. The minimum absolute atomic E-state index is 0.879. The Kier molecular flexibility index (Phi) is 5.95. The molecule has 4 heteroatoms. The number of aryl methyl sites for hydroxylation is 1. The number of furan rings is 1. The molecule has 0 bridgehead atoms. The lowest BCUT2D eigenvalue weighted by molar-refractivity contribution is 0.308. The molecule has 0 unspecified atom stereocenters. The first kappa shape index (κ1) is 13.6. The molecule has 3 nitrogen and oxygen atoms in total. The van der Waals surface area contributed by atoms with Crippen molar-refractivity contribution in [3.63, 3.8) is 0 Å². The number of nitrogens with zero attached hydrogens (tertiary/aromatic N) is 1. The van der Waals surface area contributed by atoms with E-state index >= 15 is 0 Å². The summed E-state index contributed by atoms with van der Waals surface area (Å²) < 4.78 is 5.73. The van der Waals surface area contributed by atoms with Crippen LogP contribution in [0.1, 0.15) is 17.1 Å². The van der Waals surface area contributed by atoms with E-state index in [4.69, 9.17) is 4.42 Å². The van der Waals surface area contributed by atoms with E-state index in [2.05, 4.69) is 29.6 Å². The molecule has 0 amide bonds. The topological polar surface area (TPSA) is 28.4 Å². The Bertz CT molecular complexity index is 312. The fraction of sp³-hybridized carbons (Fsp3) is 0.667. The second kappa shape index (κ2) is 6.99. The van der Waals surface area contributed by atoms with Crippen LogP contribution in [0.2, 0.25) is 0 Å². The van der Waals surface area contributed by atoms with E-state index in [1.54, 1.807) is 0 Å². The van der Waals surface area contributed by atoms with Crippen LogP contribution < -0.4 is 5.32 Å². The maximum absolute atomic E-state index is 5.73. The Hall–Kier alpha value is -0.450. The molecule has 0 aromatic carbocycles. The largest absolute Gasteiger partial charge is 0.465 e. The number of rotatable bonds is 7. The van der Waals surface area contributed by atoms with Crippen molar-refractivity contribution in [1.29, 1.82) is 0 Å². The van der Waals surface area contributed by atoms with Crippen molar-refractivity contribution in [3.05, 3.63) is 23.2 Å². The molecule has 1 rings (SSSR count). The molecule has 0 spiro atoms. The lowest BCUT2D eigenvalue weighted by Crippen LogP contribution is -2.20. The van der Waals surface area contributed by atoms with Crippen LogP contribution in [0, 0.1) is 6.92 Å². The molecule has 16 heavy (non-hydrogen) atoms. The van der Waals surface area contributed by atoms with Crippen molar-refractivity contribution in [1.82, 2.24) is 10.2 Å². The quantitative estimate of drug-likeness (QED) is 0.792. The Balaban J connectivity index is 2.50. The minimum Gasteiger partial charge on any atom is -0.465 e. The van der Waals surface area contributed by atoms with Crippen molar-refractivity contribution in [2.24, 2.45) is 0 Å². The Morgan fingerprint density at radius 3 is 2.88 bits per heavy atom. The summed E-state index contributed by atoms with van der Waals surface area (Å²) in [4.78, 5) is 2.29. The van der Waals surface area contributed by atoms with Crippen molar-refractivity contribution < 1.29 is 4.42 Å². The molecule has 0 atom stereocenters. The van der Waals surface area contributed by atoms with Gasteiger partial charge in [0.2, 0.25) is 0 Å². The van der Waals surface area contributed by atoms with Gasteiger partial charge in [0, 0.05) is 24.4 Å². The average molecular weight is 242 g/mol. The number of hydrogen-bond acceptors (Lipinski definition) is 4. The van der Waals surface area contributed by atoms with Crippen LogP contribution in [0.25, 0.3) is 0 Å². The Morgan fingerprint density at radius 2 is 2.25 bits per heavy atom. The first-order valence-corrected chi connectivity index (χ1v) is 6.97. The van der Waals surface area contributed by atoms with E-state index in [1.165, 1.54) is 11.3 Å². The van der Waals surface area contributed by atoms with Crippen LogP contribution in [-0.4, -0.2) is 37.5 Å². The van der Waals surface area contributed by atoms with E-state index in [-0.39, 0.29) is 0 Å². The van der Waals surface area contributed by atoms with Gasteiger partial charge in [-0.3, -0.25) is 4.90 Å². The van der Waals surface area contributed by atoms with Gasteiger partial charge in [0.25, 0.3) is 0 Å². The maximum Gasteiger partial charge on any atom is 0.118 e. The highest BCUT2D eigenvalue weighted by Gasteiger charge is 2.08. The molecule has 92 valence electrons. The molecule has 0 aliphatic heterocycles. The molecular formula is C12H22N2OS. The van der Waals surface area contributed by atoms with Crippen LogP contribution in [0.4, 0.5) is 0 Å². The van der Waals surface area contributed by atoms with Crippen LogP contribution >= 0.6 is 11.8 Å². The molecule has 1 heterocycles. The van der Waals surface area contributed by atoms with Gasteiger partial charge < -0.3 is 9.73 Å². The van der Waals surface area contributed by atoms with Gasteiger partial charge in [0.05, 0.1) is 6.54 Å². The third-order valence-corrected chi connectivity index (χ3v) is 3.13. The van der Waals surface area contributed by atoms with Crippen molar-refractivity contribution in [2.75, 3.05) is 32.6 Å². The summed E-state index contributed by atoms with van der Waals surface area (Å²) in [5, 5.41) is 3.15.